The Kier molecular flexibility index (Phi) is 8.51. The van der Waals surface area contributed by atoms with E-state index in [1.54, 1.807) is 0 Å². The van der Waals surface area contributed by atoms with Gasteiger partial charge in [-0.25, -0.2) is 0 Å². The van der Waals surface area contributed by atoms with Crippen molar-refractivity contribution < 1.29 is 44.0 Å². The number of hydrogen-bond donors (Lipinski definition) is 4. The van der Waals surface area contributed by atoms with Gasteiger partial charge in [0.05, 0.1) is 26.4 Å². The number of esters is 2. The molecule has 1 unspecified atom stereocenters. The molecule has 144 valence electrons. The number of aliphatic hydroxyl groups excluding tert-OH is 2. The molecule has 1 atom stereocenters. The molecule has 0 heterocycles. The van der Waals surface area contributed by atoms with E-state index in [1.165, 1.54) is 27.7 Å². The number of amides is 1. The molecule has 10 heteroatoms. The standard InChI is InChI=1S/C15H25NO9/c1-5-24-12(22)15(11(20)21,13(23)25-6-2)7-16-10(19)9(18)14(3,4)8-17/h9,17-18H,5-8H2,1-4H3,(H,16,19)(H,20,21). The Labute approximate surface area is 145 Å². The lowest BCUT2D eigenvalue weighted by molar-refractivity contribution is -0.180. The topological polar surface area (TPSA) is 159 Å². The van der Waals surface area contributed by atoms with Crippen LogP contribution in [0.25, 0.3) is 0 Å². The van der Waals surface area contributed by atoms with E-state index >= 15 is 0 Å². The third-order valence-corrected chi connectivity index (χ3v) is 3.54. The lowest BCUT2D eigenvalue weighted by Crippen LogP contribution is -2.57. The fourth-order valence-corrected chi connectivity index (χ4v) is 1.74. The van der Waals surface area contributed by atoms with E-state index in [0.717, 1.165) is 0 Å². The number of carboxylic acids is 1. The fraction of sp³-hybridized carbons (Fsp3) is 0.733. The molecule has 10 nitrogen and oxygen atoms in total. The van der Waals surface area contributed by atoms with Crippen molar-refractivity contribution in [2.45, 2.75) is 33.8 Å². The van der Waals surface area contributed by atoms with E-state index in [-0.39, 0.29) is 13.2 Å². The number of carbonyl (C=O) groups excluding carboxylic acids is 3. The molecule has 0 aromatic carbocycles. The van der Waals surface area contributed by atoms with Crippen LogP contribution in [0.1, 0.15) is 27.7 Å². The molecule has 0 saturated heterocycles. The quantitative estimate of drug-likeness (QED) is 0.273. The SMILES string of the molecule is CCOC(=O)C(CNC(=O)C(O)C(C)(C)CO)(C(=O)O)C(=O)OCC. The van der Waals surface area contributed by atoms with Crippen LogP contribution in [0, 0.1) is 10.8 Å². The Morgan fingerprint density at radius 3 is 1.80 bits per heavy atom. The second kappa shape index (κ2) is 9.33. The molecule has 0 aliphatic heterocycles. The van der Waals surface area contributed by atoms with Crippen LogP contribution >= 0.6 is 0 Å². The summed E-state index contributed by atoms with van der Waals surface area (Å²) < 4.78 is 9.29. The summed E-state index contributed by atoms with van der Waals surface area (Å²) in [6, 6.07) is 0. The number of nitrogens with one attached hydrogen (secondary N) is 1. The van der Waals surface area contributed by atoms with Gasteiger partial charge in [-0.2, -0.15) is 0 Å². The van der Waals surface area contributed by atoms with Crippen LogP contribution in [0.3, 0.4) is 0 Å². The van der Waals surface area contributed by atoms with Crippen LogP contribution in [0.2, 0.25) is 0 Å². The molecule has 25 heavy (non-hydrogen) atoms. The minimum atomic E-state index is -2.80. The van der Waals surface area contributed by atoms with E-state index in [0.29, 0.717) is 0 Å². The molecule has 0 aromatic heterocycles. The summed E-state index contributed by atoms with van der Waals surface area (Å²) in [6.45, 7) is 3.75. The van der Waals surface area contributed by atoms with E-state index < -0.39 is 53.9 Å². The summed E-state index contributed by atoms with van der Waals surface area (Å²) in [5, 5.41) is 30.5. The molecule has 0 bridgehead atoms. The third kappa shape index (κ3) is 5.13. The predicted octanol–water partition coefficient (Wildman–Crippen LogP) is -1.32. The van der Waals surface area contributed by atoms with Crippen molar-refractivity contribution in [1.29, 1.82) is 0 Å². The molecule has 0 fully saturated rings. The molecule has 0 spiro atoms. The number of aliphatic hydroxyl groups is 2. The van der Waals surface area contributed by atoms with Gasteiger partial charge in [0.15, 0.2) is 0 Å². The van der Waals surface area contributed by atoms with Crippen molar-refractivity contribution >= 4 is 23.8 Å². The van der Waals surface area contributed by atoms with Crippen molar-refractivity contribution in [2.75, 3.05) is 26.4 Å². The maximum Gasteiger partial charge on any atom is 0.337 e. The second-order valence-corrected chi connectivity index (χ2v) is 5.92. The molecule has 0 saturated carbocycles. The lowest BCUT2D eigenvalue weighted by atomic mass is 9.85. The predicted molar refractivity (Wildman–Crippen MR) is 83.2 cm³/mol. The highest BCUT2D eigenvalue weighted by Crippen LogP contribution is 2.24. The van der Waals surface area contributed by atoms with Crippen LogP contribution < -0.4 is 5.32 Å². The summed E-state index contributed by atoms with van der Waals surface area (Å²) in [5.74, 6) is -5.70. The maximum atomic E-state index is 12.1. The largest absolute Gasteiger partial charge is 0.480 e. The molecule has 0 radical (unpaired) electrons. The Morgan fingerprint density at radius 2 is 1.48 bits per heavy atom. The van der Waals surface area contributed by atoms with E-state index in [2.05, 4.69) is 9.47 Å². The average molecular weight is 363 g/mol. The van der Waals surface area contributed by atoms with Gasteiger partial charge in [0.2, 0.25) is 5.91 Å². The van der Waals surface area contributed by atoms with Crippen LogP contribution in [0.4, 0.5) is 0 Å². The number of hydrogen-bond acceptors (Lipinski definition) is 8. The third-order valence-electron chi connectivity index (χ3n) is 3.54. The molecular weight excluding hydrogens is 338 g/mol. The van der Waals surface area contributed by atoms with Gasteiger partial charge >= 0.3 is 17.9 Å². The Bertz CT molecular complexity index is 497. The van der Waals surface area contributed by atoms with Gasteiger partial charge in [0, 0.05) is 5.41 Å². The molecule has 1 amide bonds. The molecule has 0 aromatic rings. The number of carbonyl (C=O) groups is 4. The monoisotopic (exact) mass is 363 g/mol. The minimum Gasteiger partial charge on any atom is -0.480 e. The van der Waals surface area contributed by atoms with Gasteiger partial charge in [-0.05, 0) is 13.8 Å². The summed E-state index contributed by atoms with van der Waals surface area (Å²) in [6.07, 6.45) is -1.70. The fourth-order valence-electron chi connectivity index (χ4n) is 1.74. The summed E-state index contributed by atoms with van der Waals surface area (Å²) in [5.41, 5.74) is -4.02. The van der Waals surface area contributed by atoms with Crippen molar-refractivity contribution in [3.63, 3.8) is 0 Å². The van der Waals surface area contributed by atoms with Gasteiger partial charge in [0.25, 0.3) is 5.41 Å². The second-order valence-electron chi connectivity index (χ2n) is 5.92. The van der Waals surface area contributed by atoms with Gasteiger partial charge in [0.1, 0.15) is 6.10 Å². The first-order valence-corrected chi connectivity index (χ1v) is 7.65. The van der Waals surface area contributed by atoms with Crippen molar-refractivity contribution in [2.24, 2.45) is 10.8 Å². The van der Waals surface area contributed by atoms with E-state index in [9.17, 15) is 29.4 Å². The Morgan fingerprint density at radius 1 is 1.04 bits per heavy atom. The zero-order valence-electron chi connectivity index (χ0n) is 14.7. The van der Waals surface area contributed by atoms with Crippen LogP contribution in [-0.4, -0.2) is 71.6 Å². The van der Waals surface area contributed by atoms with Gasteiger partial charge in [-0.15, -0.1) is 0 Å². The van der Waals surface area contributed by atoms with Crippen LogP contribution in [-0.2, 0) is 28.7 Å². The van der Waals surface area contributed by atoms with Crippen molar-refractivity contribution in [1.82, 2.24) is 5.32 Å². The normalized spacial score (nSPS) is 12.9. The first-order valence-electron chi connectivity index (χ1n) is 7.65. The van der Waals surface area contributed by atoms with Crippen LogP contribution in [0.15, 0.2) is 0 Å². The van der Waals surface area contributed by atoms with Gasteiger partial charge < -0.3 is 30.1 Å². The minimum absolute atomic E-state index is 0.193. The highest BCUT2D eigenvalue weighted by Gasteiger charge is 2.57. The molecule has 0 aliphatic rings. The molecule has 0 rings (SSSR count). The highest BCUT2D eigenvalue weighted by molar-refractivity contribution is 6.18. The number of rotatable bonds is 10. The van der Waals surface area contributed by atoms with E-state index in [4.69, 9.17) is 5.11 Å². The zero-order chi connectivity index (χ0) is 19.8. The average Bonchev–Trinajstić information content (AvgIpc) is 2.54. The van der Waals surface area contributed by atoms with Gasteiger partial charge in [-0.1, -0.05) is 13.8 Å². The highest BCUT2D eigenvalue weighted by atomic mass is 16.6. The number of aliphatic carboxylic acids is 1. The lowest BCUT2D eigenvalue weighted by Gasteiger charge is -2.29. The first-order chi connectivity index (χ1) is 11.5. The van der Waals surface area contributed by atoms with Crippen molar-refractivity contribution in [3.8, 4) is 0 Å². The van der Waals surface area contributed by atoms with Crippen LogP contribution in [0.5, 0.6) is 0 Å². The Balaban J connectivity index is 5.57. The molecule has 0 aliphatic carbocycles. The summed E-state index contributed by atoms with van der Waals surface area (Å²) in [4.78, 5) is 47.8. The number of carboxylic acid groups (broad SMARTS) is 1. The zero-order valence-corrected chi connectivity index (χ0v) is 14.7. The summed E-state index contributed by atoms with van der Waals surface area (Å²) in [7, 11) is 0. The maximum absolute atomic E-state index is 12.1. The first kappa shape index (κ1) is 22.8. The van der Waals surface area contributed by atoms with Crippen molar-refractivity contribution in [3.05, 3.63) is 0 Å². The van der Waals surface area contributed by atoms with Gasteiger partial charge in [-0.3, -0.25) is 19.2 Å². The Hall–Kier alpha value is -2.20. The molecular formula is C15H25NO9. The van der Waals surface area contributed by atoms with E-state index in [1.807, 2.05) is 5.32 Å². The number of ether oxygens (including phenoxy) is 2. The summed E-state index contributed by atoms with van der Waals surface area (Å²) >= 11 is 0. The smallest absolute Gasteiger partial charge is 0.337 e. The molecule has 4 N–H and O–H groups in total.